The van der Waals surface area contributed by atoms with Crippen LogP contribution in [-0.4, -0.2) is 29.0 Å². The van der Waals surface area contributed by atoms with Gasteiger partial charge in [0.2, 0.25) is 0 Å². The first-order chi connectivity index (χ1) is 14.7. The van der Waals surface area contributed by atoms with E-state index in [0.717, 1.165) is 33.6 Å². The number of rotatable bonds is 3. The Kier molecular flexibility index (Phi) is 8.94. The smallest absolute Gasteiger partial charge is 0.141 e. The van der Waals surface area contributed by atoms with Crippen LogP contribution in [0.2, 0.25) is 0 Å². The van der Waals surface area contributed by atoms with Crippen LogP contribution >= 0.6 is 0 Å². The predicted octanol–water partition coefficient (Wildman–Crippen LogP) is 6.25. The van der Waals surface area contributed by atoms with E-state index in [9.17, 15) is 0 Å². The van der Waals surface area contributed by atoms with Crippen LogP contribution < -0.4 is 0 Å². The van der Waals surface area contributed by atoms with Crippen molar-refractivity contribution in [1.29, 1.82) is 0 Å². The molecule has 4 aromatic rings. The number of fused-ring (bicyclic) bond motifs is 1. The van der Waals surface area contributed by atoms with Crippen molar-refractivity contribution in [2.45, 2.75) is 6.92 Å². The molecule has 0 saturated heterocycles. The largest absolute Gasteiger partial charge is 0.336 e. The number of hydrogen-bond acceptors (Lipinski definition) is 3. The molecule has 0 unspecified atom stereocenters. The number of nitrogens with zero attached hydrogens (tertiary/aromatic N) is 4. The minimum atomic E-state index is 0.934. The van der Waals surface area contributed by atoms with Crippen molar-refractivity contribution in [1.82, 2.24) is 9.55 Å². The third kappa shape index (κ3) is 5.85. The van der Waals surface area contributed by atoms with E-state index in [4.69, 9.17) is 4.99 Å². The molecular weight excluding hydrogens is 368 g/mol. The quantitative estimate of drug-likeness (QED) is 0.298. The summed E-state index contributed by atoms with van der Waals surface area (Å²) in [5.74, 6) is 0. The Morgan fingerprint density at radius 2 is 1.43 bits per heavy atom. The van der Waals surface area contributed by atoms with Gasteiger partial charge in [0.05, 0.1) is 11.4 Å². The molecule has 0 amide bonds. The third-order valence-corrected chi connectivity index (χ3v) is 4.07. The molecule has 0 atom stereocenters. The van der Waals surface area contributed by atoms with E-state index in [2.05, 4.69) is 53.6 Å². The number of pyridine rings is 1. The van der Waals surface area contributed by atoms with E-state index in [-0.39, 0.29) is 0 Å². The maximum atomic E-state index is 5.00. The molecule has 0 bridgehead atoms. The zero-order valence-corrected chi connectivity index (χ0v) is 17.9. The van der Waals surface area contributed by atoms with Gasteiger partial charge in [0, 0.05) is 43.0 Å². The van der Waals surface area contributed by atoms with Crippen molar-refractivity contribution in [2.75, 3.05) is 7.05 Å². The van der Waals surface area contributed by atoms with Crippen molar-refractivity contribution in [2.24, 2.45) is 17.0 Å². The second-order valence-corrected chi connectivity index (χ2v) is 6.41. The molecule has 0 spiro atoms. The Morgan fingerprint density at radius 1 is 0.933 bits per heavy atom. The highest BCUT2D eigenvalue weighted by molar-refractivity contribution is 6.14. The van der Waals surface area contributed by atoms with Gasteiger partial charge in [-0.15, -0.1) is 6.58 Å². The molecule has 0 N–H and O–H groups in total. The molecule has 4 nitrogen and oxygen atoms in total. The van der Waals surface area contributed by atoms with Gasteiger partial charge in [0.25, 0.3) is 0 Å². The lowest BCUT2D eigenvalue weighted by atomic mass is 10.0. The molecule has 2 aromatic heterocycles. The average Bonchev–Trinajstić information content (AvgIpc) is 3.16. The van der Waals surface area contributed by atoms with Crippen LogP contribution in [0.25, 0.3) is 11.0 Å². The van der Waals surface area contributed by atoms with Crippen LogP contribution in [0.5, 0.6) is 0 Å². The minimum absolute atomic E-state index is 0.934. The van der Waals surface area contributed by atoms with Gasteiger partial charge in [0.1, 0.15) is 5.65 Å². The van der Waals surface area contributed by atoms with Crippen molar-refractivity contribution < 1.29 is 0 Å². The van der Waals surface area contributed by atoms with Gasteiger partial charge in [-0.1, -0.05) is 66.7 Å². The lowest BCUT2D eigenvalue weighted by molar-refractivity contribution is 0.948. The van der Waals surface area contributed by atoms with Crippen LogP contribution in [-0.2, 0) is 7.05 Å². The summed E-state index contributed by atoms with van der Waals surface area (Å²) < 4.78 is 2.01. The maximum Gasteiger partial charge on any atom is 0.141 e. The molecule has 0 saturated carbocycles. The van der Waals surface area contributed by atoms with Crippen molar-refractivity contribution >= 4 is 29.1 Å². The van der Waals surface area contributed by atoms with Crippen LogP contribution in [0.3, 0.4) is 0 Å². The monoisotopic (exact) mass is 396 g/mol. The number of aryl methyl sites for hydroxylation is 1. The summed E-state index contributed by atoms with van der Waals surface area (Å²) in [6.45, 7) is 8.36. The van der Waals surface area contributed by atoms with Gasteiger partial charge in [-0.2, -0.15) is 0 Å². The molecule has 2 heterocycles. The molecule has 30 heavy (non-hydrogen) atoms. The number of benzene rings is 2. The molecule has 0 aliphatic carbocycles. The summed E-state index contributed by atoms with van der Waals surface area (Å²) in [5.41, 5.74) is 5.04. The van der Waals surface area contributed by atoms with Gasteiger partial charge in [-0.3, -0.25) is 0 Å². The maximum absolute atomic E-state index is 5.00. The standard InChI is InChI=1S/C21H17N3.C3H6.C2H5N/c1-24-15-13-18-19(12-14-22-21(18)24)23-20(16-8-4-2-5-9-16)17-10-6-3-7-11-17;2*1-3-2/h2-15H,1H3;3H,1H2,2H3;1H2,2H3. The lowest BCUT2D eigenvalue weighted by Gasteiger charge is -2.08. The first-order valence-corrected chi connectivity index (χ1v) is 9.67. The van der Waals surface area contributed by atoms with Crippen LogP contribution in [0, 0.1) is 0 Å². The third-order valence-electron chi connectivity index (χ3n) is 4.07. The van der Waals surface area contributed by atoms with E-state index < -0.39 is 0 Å². The van der Waals surface area contributed by atoms with Gasteiger partial charge in [0.15, 0.2) is 0 Å². The van der Waals surface area contributed by atoms with Crippen molar-refractivity contribution in [3.05, 3.63) is 109 Å². The highest BCUT2D eigenvalue weighted by atomic mass is 15.0. The minimum Gasteiger partial charge on any atom is -0.336 e. The number of hydrogen-bond donors (Lipinski definition) is 0. The topological polar surface area (TPSA) is 42.5 Å². The van der Waals surface area contributed by atoms with E-state index >= 15 is 0 Å². The summed E-state index contributed by atoms with van der Waals surface area (Å²) in [5, 5.41) is 1.06. The molecule has 4 heteroatoms. The summed E-state index contributed by atoms with van der Waals surface area (Å²) in [6, 6.07) is 24.6. The first-order valence-electron chi connectivity index (χ1n) is 9.67. The molecule has 0 aliphatic rings. The molecule has 2 aromatic carbocycles. The summed E-state index contributed by atoms with van der Waals surface area (Å²) in [4.78, 5) is 12.7. The highest BCUT2D eigenvalue weighted by Crippen LogP contribution is 2.26. The van der Waals surface area contributed by atoms with Gasteiger partial charge >= 0.3 is 0 Å². The van der Waals surface area contributed by atoms with Crippen LogP contribution in [0.1, 0.15) is 18.1 Å². The Bertz CT molecular complexity index is 1050. The molecule has 0 aliphatic heterocycles. The van der Waals surface area contributed by atoms with E-state index in [0.29, 0.717) is 0 Å². The van der Waals surface area contributed by atoms with Crippen LogP contribution in [0.15, 0.2) is 108 Å². The van der Waals surface area contributed by atoms with E-state index in [1.807, 2.05) is 73.4 Å². The summed E-state index contributed by atoms with van der Waals surface area (Å²) >= 11 is 0. The predicted molar refractivity (Wildman–Crippen MR) is 130 cm³/mol. The van der Waals surface area contributed by atoms with Crippen LogP contribution in [0.4, 0.5) is 5.69 Å². The van der Waals surface area contributed by atoms with E-state index in [1.165, 1.54) is 0 Å². The normalized spacial score (nSPS) is 9.43. The second-order valence-electron chi connectivity index (χ2n) is 6.41. The molecule has 4 rings (SSSR count). The Morgan fingerprint density at radius 3 is 1.93 bits per heavy atom. The molecule has 152 valence electrons. The van der Waals surface area contributed by atoms with Gasteiger partial charge in [-0.25, -0.2) is 9.98 Å². The lowest BCUT2D eigenvalue weighted by Crippen LogP contribution is -2.02. The number of aliphatic imine (C=N–C) groups is 2. The summed E-state index contributed by atoms with van der Waals surface area (Å²) in [6.07, 6.45) is 5.58. The highest BCUT2D eigenvalue weighted by Gasteiger charge is 2.09. The first kappa shape index (κ1) is 22.5. The fourth-order valence-electron chi connectivity index (χ4n) is 2.86. The number of aromatic nitrogens is 2. The van der Waals surface area contributed by atoms with Crippen molar-refractivity contribution in [3.8, 4) is 0 Å². The summed E-state index contributed by atoms with van der Waals surface area (Å²) in [7, 11) is 3.64. The SMILES string of the molecule is C=CC.C=NC.Cn1ccc2c(N=C(c3ccccc3)c3ccccc3)ccnc21. The molecular formula is C26H28N4. The van der Waals surface area contributed by atoms with E-state index in [1.54, 1.807) is 13.1 Å². The fraction of sp³-hybridized carbons (Fsp3) is 0.115. The Hall–Kier alpha value is -3.79. The zero-order chi connectivity index (χ0) is 21.8. The van der Waals surface area contributed by atoms with Gasteiger partial charge in [-0.05, 0) is 25.8 Å². The second kappa shape index (κ2) is 11.9. The average molecular weight is 397 g/mol. The molecule has 0 radical (unpaired) electrons. The number of allylic oxidation sites excluding steroid dienone is 1. The zero-order valence-electron chi connectivity index (χ0n) is 17.9. The van der Waals surface area contributed by atoms with Crippen molar-refractivity contribution in [3.63, 3.8) is 0 Å². The van der Waals surface area contributed by atoms with Gasteiger partial charge < -0.3 is 9.56 Å². The fourth-order valence-corrected chi connectivity index (χ4v) is 2.86. The molecule has 0 fully saturated rings. The Balaban J connectivity index is 0.000000480. The Labute approximate surface area is 179 Å².